The molecule has 1 fully saturated rings. The van der Waals surface area contributed by atoms with Gasteiger partial charge in [-0.05, 0) is 18.8 Å². The number of unbranched alkanes of at least 4 members (excludes halogenated alkanes) is 1. The Balaban J connectivity index is 2.23. The molecule has 16 heavy (non-hydrogen) atoms. The van der Waals surface area contributed by atoms with Crippen LogP contribution in [0.15, 0.2) is 0 Å². The summed E-state index contributed by atoms with van der Waals surface area (Å²) < 4.78 is 4.85. The molecule has 0 aromatic heterocycles. The predicted octanol–water partition coefficient (Wildman–Crippen LogP) is 1.77. The molecule has 1 saturated carbocycles. The van der Waals surface area contributed by atoms with E-state index in [0.717, 1.165) is 25.7 Å². The second-order valence-corrected chi connectivity index (χ2v) is 4.20. The third-order valence-corrected chi connectivity index (χ3v) is 2.59. The Hall–Kier alpha value is -1.26. The summed E-state index contributed by atoms with van der Waals surface area (Å²) in [5.41, 5.74) is 0. The third kappa shape index (κ3) is 5.00. The van der Waals surface area contributed by atoms with Crippen LogP contribution >= 0.6 is 0 Å². The maximum Gasteiger partial charge on any atom is 0.407 e. The van der Waals surface area contributed by atoms with Crippen molar-refractivity contribution in [3.63, 3.8) is 0 Å². The number of rotatable bonds is 7. The predicted molar refractivity (Wildman–Crippen MR) is 58.2 cm³/mol. The van der Waals surface area contributed by atoms with Crippen molar-refractivity contribution in [1.29, 1.82) is 0 Å². The van der Waals surface area contributed by atoms with Crippen LogP contribution in [0.25, 0.3) is 0 Å². The minimum absolute atomic E-state index is 0.345. The van der Waals surface area contributed by atoms with E-state index in [1.54, 1.807) is 0 Å². The van der Waals surface area contributed by atoms with Gasteiger partial charge in [-0.15, -0.1) is 0 Å². The zero-order chi connectivity index (χ0) is 12.0. The van der Waals surface area contributed by atoms with Crippen LogP contribution in [0, 0.1) is 5.92 Å². The van der Waals surface area contributed by atoms with Crippen molar-refractivity contribution < 1.29 is 19.4 Å². The van der Waals surface area contributed by atoms with Crippen LogP contribution in [0.5, 0.6) is 0 Å². The van der Waals surface area contributed by atoms with E-state index in [-0.39, 0.29) is 0 Å². The van der Waals surface area contributed by atoms with Crippen LogP contribution < -0.4 is 5.32 Å². The SMILES string of the molecule is CCCCOC(=O)NC(CC1CC1)C(=O)O. The van der Waals surface area contributed by atoms with Gasteiger partial charge in [0, 0.05) is 0 Å². The molecule has 0 saturated heterocycles. The minimum atomic E-state index is -0.987. The van der Waals surface area contributed by atoms with Gasteiger partial charge in [0.2, 0.25) is 0 Å². The molecular formula is C11H19NO4. The van der Waals surface area contributed by atoms with Crippen molar-refractivity contribution in [3.8, 4) is 0 Å². The smallest absolute Gasteiger partial charge is 0.407 e. The van der Waals surface area contributed by atoms with Gasteiger partial charge in [-0.3, -0.25) is 0 Å². The van der Waals surface area contributed by atoms with E-state index in [1.807, 2.05) is 6.92 Å². The number of carboxylic acids is 1. The van der Waals surface area contributed by atoms with Gasteiger partial charge < -0.3 is 15.2 Å². The number of carboxylic acid groups (broad SMARTS) is 1. The zero-order valence-electron chi connectivity index (χ0n) is 9.57. The Morgan fingerprint density at radius 2 is 2.19 bits per heavy atom. The molecule has 0 spiro atoms. The van der Waals surface area contributed by atoms with E-state index in [1.165, 1.54) is 0 Å². The van der Waals surface area contributed by atoms with Crippen LogP contribution in [-0.4, -0.2) is 29.8 Å². The lowest BCUT2D eigenvalue weighted by atomic mass is 10.1. The molecule has 0 heterocycles. The number of nitrogens with one attached hydrogen (secondary N) is 1. The molecule has 5 heteroatoms. The first-order chi connectivity index (χ1) is 7.63. The first-order valence-corrected chi connectivity index (χ1v) is 5.79. The number of hydrogen-bond donors (Lipinski definition) is 2. The standard InChI is InChI=1S/C11H19NO4/c1-2-3-6-16-11(15)12-9(10(13)14)7-8-4-5-8/h8-9H,2-7H2,1H3,(H,12,15)(H,13,14). The number of amides is 1. The highest BCUT2D eigenvalue weighted by molar-refractivity contribution is 5.79. The highest BCUT2D eigenvalue weighted by atomic mass is 16.5. The fourth-order valence-electron chi connectivity index (χ4n) is 1.40. The van der Waals surface area contributed by atoms with E-state index in [4.69, 9.17) is 9.84 Å². The van der Waals surface area contributed by atoms with Gasteiger partial charge in [0.1, 0.15) is 6.04 Å². The quantitative estimate of drug-likeness (QED) is 0.652. The van der Waals surface area contributed by atoms with Gasteiger partial charge in [0.05, 0.1) is 6.61 Å². The number of alkyl carbamates (subject to hydrolysis) is 1. The van der Waals surface area contributed by atoms with E-state index in [0.29, 0.717) is 18.9 Å². The molecule has 0 aliphatic heterocycles. The molecule has 92 valence electrons. The van der Waals surface area contributed by atoms with Gasteiger partial charge in [-0.25, -0.2) is 9.59 Å². The maximum absolute atomic E-state index is 11.2. The van der Waals surface area contributed by atoms with Crippen molar-refractivity contribution >= 4 is 12.1 Å². The molecule has 1 amide bonds. The van der Waals surface area contributed by atoms with Gasteiger partial charge in [0.15, 0.2) is 0 Å². The third-order valence-electron chi connectivity index (χ3n) is 2.59. The zero-order valence-corrected chi connectivity index (χ0v) is 9.57. The van der Waals surface area contributed by atoms with Crippen LogP contribution in [0.4, 0.5) is 4.79 Å². The van der Waals surface area contributed by atoms with Crippen LogP contribution in [0.3, 0.4) is 0 Å². The number of hydrogen-bond acceptors (Lipinski definition) is 3. The van der Waals surface area contributed by atoms with Gasteiger partial charge in [-0.2, -0.15) is 0 Å². The Kier molecular flexibility index (Phi) is 5.08. The number of ether oxygens (including phenoxy) is 1. The Labute approximate surface area is 95.2 Å². The largest absolute Gasteiger partial charge is 0.480 e. The fraction of sp³-hybridized carbons (Fsp3) is 0.818. The van der Waals surface area contributed by atoms with E-state index in [9.17, 15) is 9.59 Å². The number of aliphatic carboxylic acids is 1. The summed E-state index contributed by atoms with van der Waals surface area (Å²) in [6, 6.07) is -0.804. The molecule has 0 bridgehead atoms. The molecule has 0 radical (unpaired) electrons. The molecule has 0 aromatic carbocycles. The van der Waals surface area contributed by atoms with Gasteiger partial charge >= 0.3 is 12.1 Å². The number of carbonyl (C=O) groups is 2. The van der Waals surface area contributed by atoms with Crippen molar-refractivity contribution in [2.24, 2.45) is 5.92 Å². The van der Waals surface area contributed by atoms with Crippen molar-refractivity contribution in [2.45, 2.75) is 45.1 Å². The summed E-state index contributed by atoms with van der Waals surface area (Å²) in [6.45, 7) is 2.34. The molecule has 1 atom stereocenters. The lowest BCUT2D eigenvalue weighted by Crippen LogP contribution is -2.41. The second kappa shape index (κ2) is 6.35. The summed E-state index contributed by atoms with van der Waals surface area (Å²) in [7, 11) is 0. The highest BCUT2D eigenvalue weighted by Crippen LogP contribution is 2.33. The summed E-state index contributed by atoms with van der Waals surface area (Å²) in [6.07, 6.45) is 3.76. The van der Waals surface area contributed by atoms with E-state index in [2.05, 4.69) is 5.32 Å². The maximum atomic E-state index is 11.2. The van der Waals surface area contributed by atoms with Gasteiger partial charge in [-0.1, -0.05) is 26.2 Å². The van der Waals surface area contributed by atoms with Crippen LogP contribution in [-0.2, 0) is 9.53 Å². The van der Waals surface area contributed by atoms with E-state index >= 15 is 0 Å². The topological polar surface area (TPSA) is 75.6 Å². The van der Waals surface area contributed by atoms with Crippen molar-refractivity contribution in [2.75, 3.05) is 6.61 Å². The Bertz CT molecular complexity index is 250. The van der Waals surface area contributed by atoms with Crippen molar-refractivity contribution in [3.05, 3.63) is 0 Å². The summed E-state index contributed by atoms with van der Waals surface area (Å²) in [4.78, 5) is 22.1. The molecule has 1 rings (SSSR count). The monoisotopic (exact) mass is 229 g/mol. The summed E-state index contributed by atoms with van der Waals surface area (Å²) >= 11 is 0. The van der Waals surface area contributed by atoms with Crippen molar-refractivity contribution in [1.82, 2.24) is 5.32 Å². The normalized spacial score (nSPS) is 16.6. The number of carbonyl (C=O) groups excluding carboxylic acids is 1. The molecule has 1 unspecified atom stereocenters. The van der Waals surface area contributed by atoms with Gasteiger partial charge in [0.25, 0.3) is 0 Å². The van der Waals surface area contributed by atoms with E-state index < -0.39 is 18.1 Å². The lowest BCUT2D eigenvalue weighted by molar-refractivity contribution is -0.139. The summed E-state index contributed by atoms with van der Waals surface area (Å²) in [5.74, 6) is -0.531. The Morgan fingerprint density at radius 1 is 1.50 bits per heavy atom. The van der Waals surface area contributed by atoms with Crippen LogP contribution in [0.2, 0.25) is 0 Å². The highest BCUT2D eigenvalue weighted by Gasteiger charge is 2.30. The first kappa shape index (κ1) is 12.8. The molecule has 1 aliphatic rings. The molecule has 0 aromatic rings. The molecule has 5 nitrogen and oxygen atoms in total. The minimum Gasteiger partial charge on any atom is -0.480 e. The first-order valence-electron chi connectivity index (χ1n) is 5.79. The molecular weight excluding hydrogens is 210 g/mol. The molecule has 2 N–H and O–H groups in total. The average Bonchev–Trinajstić information content (AvgIpc) is 3.01. The Morgan fingerprint density at radius 3 is 2.69 bits per heavy atom. The fourth-order valence-corrected chi connectivity index (χ4v) is 1.40. The lowest BCUT2D eigenvalue weighted by Gasteiger charge is -2.13. The second-order valence-electron chi connectivity index (χ2n) is 4.20. The molecule has 1 aliphatic carbocycles. The van der Waals surface area contributed by atoms with Crippen LogP contribution in [0.1, 0.15) is 39.0 Å². The average molecular weight is 229 g/mol. The summed E-state index contributed by atoms with van der Waals surface area (Å²) in [5, 5.41) is 11.3.